The lowest BCUT2D eigenvalue weighted by Crippen LogP contribution is -2.39. The van der Waals surface area contributed by atoms with E-state index in [2.05, 4.69) is 0 Å². The third kappa shape index (κ3) is 3.69. The normalized spacial score (nSPS) is 13.3. The fraction of sp³-hybridized carbons (Fsp3) is 0.875. The highest BCUT2D eigenvalue weighted by Crippen LogP contribution is 2.02. The van der Waals surface area contributed by atoms with E-state index in [4.69, 9.17) is 10.2 Å². The van der Waals surface area contributed by atoms with E-state index in [0.717, 1.165) is 13.0 Å². The molecule has 0 aromatic carbocycles. The van der Waals surface area contributed by atoms with Crippen molar-refractivity contribution in [3.05, 3.63) is 0 Å². The zero-order valence-corrected chi connectivity index (χ0v) is 7.66. The smallest absolute Gasteiger partial charge is 0.320 e. The van der Waals surface area contributed by atoms with Crippen LogP contribution >= 0.6 is 0 Å². The Morgan fingerprint density at radius 2 is 2.17 bits per heavy atom. The van der Waals surface area contributed by atoms with Gasteiger partial charge >= 0.3 is 5.97 Å². The SMILES string of the molecule is CCCN(C)[C@@H](CCO)C(=O)O. The molecule has 4 heteroatoms. The molecule has 0 spiro atoms. The van der Waals surface area contributed by atoms with Crippen LogP contribution in [0.2, 0.25) is 0 Å². The quantitative estimate of drug-likeness (QED) is 0.604. The van der Waals surface area contributed by atoms with Crippen LogP contribution in [0, 0.1) is 0 Å². The second-order valence-electron chi connectivity index (χ2n) is 2.85. The van der Waals surface area contributed by atoms with Gasteiger partial charge in [0.05, 0.1) is 0 Å². The van der Waals surface area contributed by atoms with Crippen molar-refractivity contribution in [1.29, 1.82) is 0 Å². The highest BCUT2D eigenvalue weighted by Gasteiger charge is 2.20. The number of aliphatic hydroxyl groups is 1. The van der Waals surface area contributed by atoms with Crippen molar-refractivity contribution in [2.75, 3.05) is 20.2 Å². The summed E-state index contributed by atoms with van der Waals surface area (Å²) in [6.45, 7) is 2.66. The minimum Gasteiger partial charge on any atom is -0.480 e. The van der Waals surface area contributed by atoms with Crippen molar-refractivity contribution < 1.29 is 15.0 Å². The molecule has 0 bridgehead atoms. The van der Waals surface area contributed by atoms with Gasteiger partial charge in [0.1, 0.15) is 6.04 Å². The van der Waals surface area contributed by atoms with Gasteiger partial charge in [-0.15, -0.1) is 0 Å². The number of hydrogen-bond donors (Lipinski definition) is 2. The number of carbonyl (C=O) groups is 1. The number of likely N-dealkylation sites (N-methyl/N-ethyl adjacent to an activating group) is 1. The molecule has 0 saturated heterocycles. The van der Waals surface area contributed by atoms with Crippen LogP contribution in [0.25, 0.3) is 0 Å². The topological polar surface area (TPSA) is 60.8 Å². The summed E-state index contributed by atoms with van der Waals surface area (Å²) in [5, 5.41) is 17.4. The molecule has 0 rings (SSSR count). The lowest BCUT2D eigenvalue weighted by Gasteiger charge is -2.22. The van der Waals surface area contributed by atoms with Gasteiger partial charge in [-0.1, -0.05) is 6.92 Å². The molecule has 0 aliphatic carbocycles. The van der Waals surface area contributed by atoms with Crippen LogP contribution in [-0.2, 0) is 4.79 Å². The highest BCUT2D eigenvalue weighted by atomic mass is 16.4. The molecule has 0 aromatic rings. The zero-order valence-electron chi connectivity index (χ0n) is 7.66. The second-order valence-corrected chi connectivity index (χ2v) is 2.85. The summed E-state index contributed by atoms with van der Waals surface area (Å²) in [5.74, 6) is -0.861. The van der Waals surface area contributed by atoms with E-state index in [1.807, 2.05) is 6.92 Å². The van der Waals surface area contributed by atoms with Crippen LogP contribution in [0.5, 0.6) is 0 Å². The number of aliphatic carboxylic acids is 1. The van der Waals surface area contributed by atoms with Gasteiger partial charge in [0.25, 0.3) is 0 Å². The molecule has 2 N–H and O–H groups in total. The molecule has 72 valence electrons. The average Bonchev–Trinajstić information content (AvgIpc) is 1.99. The highest BCUT2D eigenvalue weighted by molar-refractivity contribution is 5.73. The van der Waals surface area contributed by atoms with Crippen molar-refractivity contribution in [3.63, 3.8) is 0 Å². The molecule has 0 amide bonds. The largest absolute Gasteiger partial charge is 0.480 e. The summed E-state index contributed by atoms with van der Waals surface area (Å²) in [5.41, 5.74) is 0. The maximum absolute atomic E-state index is 10.7. The van der Waals surface area contributed by atoms with E-state index in [-0.39, 0.29) is 6.61 Å². The van der Waals surface area contributed by atoms with Crippen LogP contribution in [0.4, 0.5) is 0 Å². The number of carboxylic acid groups (broad SMARTS) is 1. The predicted octanol–water partition coefficient (Wildman–Crippen LogP) is 0.164. The molecule has 0 saturated carbocycles. The maximum atomic E-state index is 10.7. The van der Waals surface area contributed by atoms with Crippen LogP contribution < -0.4 is 0 Å². The number of rotatable bonds is 6. The molecule has 0 radical (unpaired) electrons. The van der Waals surface area contributed by atoms with Crippen LogP contribution in [0.15, 0.2) is 0 Å². The Labute approximate surface area is 72.8 Å². The van der Waals surface area contributed by atoms with E-state index in [1.54, 1.807) is 11.9 Å². The first-order valence-electron chi connectivity index (χ1n) is 4.17. The van der Waals surface area contributed by atoms with Crippen molar-refractivity contribution in [2.24, 2.45) is 0 Å². The first kappa shape index (κ1) is 11.4. The Hall–Kier alpha value is -0.610. The summed E-state index contributed by atoms with van der Waals surface area (Å²) in [7, 11) is 1.76. The van der Waals surface area contributed by atoms with Gasteiger partial charge in [-0.05, 0) is 26.4 Å². The summed E-state index contributed by atoms with van der Waals surface area (Å²) in [6, 6.07) is -0.546. The van der Waals surface area contributed by atoms with Gasteiger partial charge in [-0.2, -0.15) is 0 Å². The van der Waals surface area contributed by atoms with Crippen LogP contribution in [-0.4, -0.2) is 47.3 Å². The molecule has 0 aromatic heterocycles. The van der Waals surface area contributed by atoms with Gasteiger partial charge < -0.3 is 10.2 Å². The third-order valence-electron chi connectivity index (χ3n) is 1.80. The Bertz CT molecular complexity index is 138. The number of nitrogens with zero attached hydrogens (tertiary/aromatic N) is 1. The molecule has 0 unspecified atom stereocenters. The minimum atomic E-state index is -0.861. The minimum absolute atomic E-state index is 0.0784. The summed E-state index contributed by atoms with van der Waals surface area (Å²) in [4.78, 5) is 12.4. The molecule has 0 fully saturated rings. The van der Waals surface area contributed by atoms with Gasteiger partial charge in [0, 0.05) is 6.61 Å². The summed E-state index contributed by atoms with van der Waals surface area (Å²) < 4.78 is 0. The van der Waals surface area contributed by atoms with E-state index < -0.39 is 12.0 Å². The van der Waals surface area contributed by atoms with E-state index in [0.29, 0.717) is 6.42 Å². The molecule has 1 atom stereocenters. The van der Waals surface area contributed by atoms with Gasteiger partial charge in [0.2, 0.25) is 0 Å². The Kier molecular flexibility index (Phi) is 5.66. The van der Waals surface area contributed by atoms with Gasteiger partial charge in [0.15, 0.2) is 0 Å². The van der Waals surface area contributed by atoms with E-state index in [9.17, 15) is 4.79 Å². The number of carboxylic acids is 1. The fourth-order valence-corrected chi connectivity index (χ4v) is 1.16. The van der Waals surface area contributed by atoms with Crippen molar-refractivity contribution in [2.45, 2.75) is 25.8 Å². The number of aliphatic hydroxyl groups excluding tert-OH is 1. The van der Waals surface area contributed by atoms with Gasteiger partial charge in [-0.3, -0.25) is 9.69 Å². The summed E-state index contributed by atoms with van der Waals surface area (Å²) in [6.07, 6.45) is 1.22. The van der Waals surface area contributed by atoms with Gasteiger partial charge in [-0.25, -0.2) is 0 Å². The molecule has 0 aliphatic heterocycles. The lowest BCUT2D eigenvalue weighted by atomic mass is 10.2. The van der Waals surface area contributed by atoms with Crippen molar-refractivity contribution in [3.8, 4) is 0 Å². The maximum Gasteiger partial charge on any atom is 0.320 e. The molecular formula is C8H17NO3. The molecule has 0 aliphatic rings. The Morgan fingerprint density at radius 3 is 2.50 bits per heavy atom. The van der Waals surface area contributed by atoms with Crippen molar-refractivity contribution in [1.82, 2.24) is 4.90 Å². The van der Waals surface area contributed by atoms with E-state index >= 15 is 0 Å². The summed E-state index contributed by atoms with van der Waals surface area (Å²) >= 11 is 0. The Morgan fingerprint density at radius 1 is 1.58 bits per heavy atom. The fourth-order valence-electron chi connectivity index (χ4n) is 1.16. The number of hydrogen-bond acceptors (Lipinski definition) is 3. The zero-order chi connectivity index (χ0) is 9.56. The standard InChI is InChI=1S/C8H17NO3/c1-3-5-9(2)7(4-6-10)8(11)12/h7,10H,3-6H2,1-2H3,(H,11,12)/t7-/m0/s1. The second kappa shape index (κ2) is 5.97. The molecule has 0 heterocycles. The third-order valence-corrected chi connectivity index (χ3v) is 1.80. The predicted molar refractivity (Wildman–Crippen MR) is 46.0 cm³/mol. The van der Waals surface area contributed by atoms with Crippen LogP contribution in [0.3, 0.4) is 0 Å². The first-order valence-corrected chi connectivity index (χ1v) is 4.17. The first-order chi connectivity index (χ1) is 5.63. The van der Waals surface area contributed by atoms with E-state index in [1.165, 1.54) is 0 Å². The lowest BCUT2D eigenvalue weighted by molar-refractivity contribution is -0.143. The van der Waals surface area contributed by atoms with Crippen LogP contribution in [0.1, 0.15) is 19.8 Å². The van der Waals surface area contributed by atoms with Crippen molar-refractivity contribution >= 4 is 5.97 Å². The monoisotopic (exact) mass is 175 g/mol. The molecule has 12 heavy (non-hydrogen) atoms. The molecule has 4 nitrogen and oxygen atoms in total. The Balaban J connectivity index is 3.99. The average molecular weight is 175 g/mol. The molecular weight excluding hydrogens is 158 g/mol.